The van der Waals surface area contributed by atoms with Gasteiger partial charge in [-0.15, -0.1) is 0 Å². The average Bonchev–Trinajstić information content (AvgIpc) is 2.77. The second kappa shape index (κ2) is 9.67. The van der Waals surface area contributed by atoms with Gasteiger partial charge in [0.2, 0.25) is 5.91 Å². The number of carbonyl (C=O) groups is 1. The van der Waals surface area contributed by atoms with E-state index in [0.717, 1.165) is 53.2 Å². The van der Waals surface area contributed by atoms with Gasteiger partial charge in [0.15, 0.2) is 5.16 Å². The summed E-state index contributed by atoms with van der Waals surface area (Å²) in [5, 5.41) is 5.72. The number of fused-ring (bicyclic) bond motifs is 1. The molecule has 5 nitrogen and oxygen atoms in total. The molecular formula is C23H25ClN4OS. The molecule has 0 radical (unpaired) electrons. The molecule has 1 aliphatic rings. The number of nitrogens with zero attached hydrogens (tertiary/aromatic N) is 3. The predicted octanol–water partition coefficient (Wildman–Crippen LogP) is 5.25. The highest BCUT2D eigenvalue weighted by atomic mass is 35.5. The van der Waals surface area contributed by atoms with Crippen LogP contribution in [0.2, 0.25) is 5.02 Å². The molecule has 1 aliphatic heterocycles. The van der Waals surface area contributed by atoms with E-state index in [1.807, 2.05) is 53.4 Å². The van der Waals surface area contributed by atoms with Crippen molar-refractivity contribution in [2.75, 3.05) is 24.2 Å². The van der Waals surface area contributed by atoms with Crippen molar-refractivity contribution in [2.24, 2.45) is 5.92 Å². The van der Waals surface area contributed by atoms with Gasteiger partial charge in [0.05, 0.1) is 11.3 Å². The topological polar surface area (TPSA) is 58.1 Å². The number of amides is 1. The number of carbonyl (C=O) groups excluding carboxylic acids is 1. The Morgan fingerprint density at radius 1 is 1.13 bits per heavy atom. The number of hydrogen-bond acceptors (Lipinski definition) is 5. The number of para-hydroxylation sites is 1. The van der Waals surface area contributed by atoms with Crippen molar-refractivity contribution >= 4 is 46.0 Å². The number of likely N-dealkylation sites (tertiary alicyclic amines) is 1. The molecule has 0 atom stereocenters. The first kappa shape index (κ1) is 20.9. The highest BCUT2D eigenvalue weighted by molar-refractivity contribution is 7.99. The van der Waals surface area contributed by atoms with E-state index in [-0.39, 0.29) is 5.91 Å². The van der Waals surface area contributed by atoms with Gasteiger partial charge >= 0.3 is 0 Å². The predicted molar refractivity (Wildman–Crippen MR) is 124 cm³/mol. The van der Waals surface area contributed by atoms with E-state index in [0.29, 0.717) is 23.4 Å². The first-order chi connectivity index (χ1) is 14.6. The maximum atomic E-state index is 12.6. The molecule has 1 saturated heterocycles. The Labute approximate surface area is 186 Å². The summed E-state index contributed by atoms with van der Waals surface area (Å²) in [4.78, 5) is 23.9. The highest BCUT2D eigenvalue weighted by Crippen LogP contribution is 2.26. The Balaban J connectivity index is 1.46. The van der Waals surface area contributed by atoms with Crippen LogP contribution in [-0.4, -0.2) is 39.6 Å². The van der Waals surface area contributed by atoms with Crippen LogP contribution in [0.25, 0.3) is 10.9 Å². The molecule has 0 aliphatic carbocycles. The van der Waals surface area contributed by atoms with Crippen LogP contribution in [0.1, 0.15) is 25.3 Å². The maximum Gasteiger partial charge on any atom is 0.233 e. The molecule has 156 valence electrons. The molecule has 1 amide bonds. The standard InChI is InChI=1S/C23H25ClN4OS/c1-16-10-12-28(13-11-16)21(29)15-30-23-26-20-5-3-2-4-19(20)22(27-23)25-14-17-6-8-18(24)9-7-17/h2-9,16H,10-15H2,1H3,(H,25,26,27). The molecule has 2 heterocycles. The van der Waals surface area contributed by atoms with Crippen LogP contribution in [0.4, 0.5) is 5.82 Å². The molecule has 4 rings (SSSR count). The second-order valence-electron chi connectivity index (χ2n) is 7.70. The summed E-state index contributed by atoms with van der Waals surface area (Å²) < 4.78 is 0. The Morgan fingerprint density at radius 3 is 2.63 bits per heavy atom. The Morgan fingerprint density at radius 2 is 1.87 bits per heavy atom. The number of thioether (sulfide) groups is 1. The van der Waals surface area contributed by atoms with E-state index >= 15 is 0 Å². The number of aromatic nitrogens is 2. The van der Waals surface area contributed by atoms with Crippen molar-refractivity contribution in [1.29, 1.82) is 0 Å². The molecule has 1 fully saturated rings. The largest absolute Gasteiger partial charge is 0.365 e. The number of anilines is 1. The third-order valence-electron chi connectivity index (χ3n) is 5.42. The van der Waals surface area contributed by atoms with Gasteiger partial charge in [-0.25, -0.2) is 9.97 Å². The van der Waals surface area contributed by atoms with Crippen molar-refractivity contribution in [3.05, 3.63) is 59.1 Å². The first-order valence-corrected chi connectivity index (χ1v) is 11.6. The molecule has 3 aromatic rings. The van der Waals surface area contributed by atoms with Crippen LogP contribution < -0.4 is 5.32 Å². The normalized spacial score (nSPS) is 14.8. The molecule has 0 bridgehead atoms. The summed E-state index contributed by atoms with van der Waals surface area (Å²) in [6.07, 6.45) is 2.17. The van der Waals surface area contributed by atoms with Crippen LogP contribution in [0, 0.1) is 5.92 Å². The van der Waals surface area contributed by atoms with Crippen molar-refractivity contribution in [3.8, 4) is 0 Å². The zero-order valence-electron chi connectivity index (χ0n) is 17.0. The maximum absolute atomic E-state index is 12.6. The van der Waals surface area contributed by atoms with E-state index in [1.54, 1.807) is 0 Å². The third kappa shape index (κ3) is 5.24. The fourth-order valence-electron chi connectivity index (χ4n) is 3.52. The minimum absolute atomic E-state index is 0.166. The number of nitrogens with one attached hydrogen (secondary N) is 1. The molecular weight excluding hydrogens is 416 g/mol. The lowest BCUT2D eigenvalue weighted by Crippen LogP contribution is -2.38. The highest BCUT2D eigenvalue weighted by Gasteiger charge is 2.20. The smallest absolute Gasteiger partial charge is 0.233 e. The van der Waals surface area contributed by atoms with Crippen LogP contribution in [0.5, 0.6) is 0 Å². The van der Waals surface area contributed by atoms with Gasteiger partial charge in [-0.2, -0.15) is 0 Å². The van der Waals surface area contributed by atoms with Gasteiger partial charge in [0.1, 0.15) is 5.82 Å². The SMILES string of the molecule is CC1CCN(C(=O)CSc2nc(NCc3ccc(Cl)cc3)c3ccccc3n2)CC1. The van der Waals surface area contributed by atoms with E-state index < -0.39 is 0 Å². The molecule has 1 aromatic heterocycles. The van der Waals surface area contributed by atoms with Gasteiger partial charge in [-0.3, -0.25) is 4.79 Å². The van der Waals surface area contributed by atoms with Gasteiger partial charge in [-0.05, 0) is 48.6 Å². The van der Waals surface area contributed by atoms with Crippen LogP contribution in [0.15, 0.2) is 53.7 Å². The number of benzene rings is 2. The molecule has 2 aromatic carbocycles. The minimum Gasteiger partial charge on any atom is -0.365 e. The fourth-order valence-corrected chi connectivity index (χ4v) is 4.40. The van der Waals surface area contributed by atoms with Crippen LogP contribution >= 0.6 is 23.4 Å². The second-order valence-corrected chi connectivity index (χ2v) is 9.08. The monoisotopic (exact) mass is 440 g/mol. The summed E-state index contributed by atoms with van der Waals surface area (Å²) in [5.41, 5.74) is 1.98. The average molecular weight is 441 g/mol. The summed E-state index contributed by atoms with van der Waals surface area (Å²) in [7, 11) is 0. The van der Waals surface area contributed by atoms with E-state index in [2.05, 4.69) is 17.2 Å². The van der Waals surface area contributed by atoms with Crippen molar-refractivity contribution in [1.82, 2.24) is 14.9 Å². The molecule has 30 heavy (non-hydrogen) atoms. The van der Waals surface area contributed by atoms with Gasteiger partial charge < -0.3 is 10.2 Å². The molecule has 0 spiro atoms. The quantitative estimate of drug-likeness (QED) is 0.419. The van der Waals surface area contributed by atoms with Gasteiger partial charge in [0, 0.05) is 30.0 Å². The Hall–Kier alpha value is -2.31. The van der Waals surface area contributed by atoms with Crippen LogP contribution in [-0.2, 0) is 11.3 Å². The lowest BCUT2D eigenvalue weighted by Gasteiger charge is -2.30. The lowest BCUT2D eigenvalue weighted by atomic mass is 9.99. The van der Waals surface area contributed by atoms with Crippen molar-refractivity contribution in [3.63, 3.8) is 0 Å². The molecule has 1 N–H and O–H groups in total. The van der Waals surface area contributed by atoms with Gasteiger partial charge in [0.25, 0.3) is 0 Å². The number of rotatable bonds is 6. The van der Waals surface area contributed by atoms with Gasteiger partial charge in [-0.1, -0.05) is 54.6 Å². The lowest BCUT2D eigenvalue weighted by molar-refractivity contribution is -0.129. The van der Waals surface area contributed by atoms with Crippen molar-refractivity contribution in [2.45, 2.75) is 31.5 Å². The van der Waals surface area contributed by atoms with E-state index in [4.69, 9.17) is 16.6 Å². The molecule has 0 unspecified atom stereocenters. The van der Waals surface area contributed by atoms with E-state index in [9.17, 15) is 4.79 Å². The Kier molecular flexibility index (Phi) is 6.75. The summed E-state index contributed by atoms with van der Waals surface area (Å²) in [6.45, 7) is 4.59. The zero-order chi connectivity index (χ0) is 20.9. The third-order valence-corrected chi connectivity index (χ3v) is 6.50. The Bertz CT molecular complexity index is 1020. The molecule has 7 heteroatoms. The number of hydrogen-bond donors (Lipinski definition) is 1. The number of piperidine rings is 1. The summed E-state index contributed by atoms with van der Waals surface area (Å²) in [6, 6.07) is 15.7. The van der Waals surface area contributed by atoms with Crippen molar-refractivity contribution < 1.29 is 4.79 Å². The van der Waals surface area contributed by atoms with E-state index in [1.165, 1.54) is 11.8 Å². The minimum atomic E-state index is 0.166. The first-order valence-electron chi connectivity index (χ1n) is 10.2. The summed E-state index contributed by atoms with van der Waals surface area (Å²) >= 11 is 7.38. The van der Waals surface area contributed by atoms with Crippen LogP contribution in [0.3, 0.4) is 0 Å². The zero-order valence-corrected chi connectivity index (χ0v) is 18.5. The molecule has 0 saturated carbocycles. The number of halogens is 1. The summed E-state index contributed by atoms with van der Waals surface area (Å²) in [5.74, 6) is 2.01. The fraction of sp³-hybridized carbons (Fsp3) is 0.348.